The van der Waals surface area contributed by atoms with Crippen molar-refractivity contribution in [3.63, 3.8) is 0 Å². The van der Waals surface area contributed by atoms with Gasteiger partial charge in [0.2, 0.25) is 5.95 Å². The van der Waals surface area contributed by atoms with Crippen LogP contribution in [0.15, 0.2) is 30.6 Å². The zero-order valence-corrected chi connectivity index (χ0v) is 25.9. The molecule has 2 N–H and O–H groups in total. The second kappa shape index (κ2) is 11.0. The number of rotatable bonds is 5. The molecule has 44 heavy (non-hydrogen) atoms. The Labute approximate surface area is 256 Å². The number of piperazine rings is 1. The predicted molar refractivity (Wildman–Crippen MR) is 163 cm³/mol. The van der Waals surface area contributed by atoms with E-state index in [1.807, 2.05) is 31.7 Å². The van der Waals surface area contributed by atoms with Gasteiger partial charge in [0.1, 0.15) is 17.2 Å². The summed E-state index contributed by atoms with van der Waals surface area (Å²) in [6, 6.07) is 5.08. The summed E-state index contributed by atoms with van der Waals surface area (Å²) < 4.78 is 7.98. The molecule has 1 aliphatic carbocycles. The highest BCUT2D eigenvalue weighted by Crippen LogP contribution is 2.44. The molecule has 2 bridgehead atoms. The maximum absolute atomic E-state index is 14.0. The van der Waals surface area contributed by atoms with Crippen molar-refractivity contribution in [2.75, 3.05) is 45.7 Å². The van der Waals surface area contributed by atoms with Gasteiger partial charge >= 0.3 is 6.09 Å². The Hall–Kier alpha value is -4.26. The Morgan fingerprint density at radius 3 is 2.48 bits per heavy atom. The Kier molecular flexibility index (Phi) is 7.47. The molecule has 0 aromatic carbocycles. The van der Waals surface area contributed by atoms with Gasteiger partial charge in [-0.05, 0) is 36.5 Å². The average Bonchev–Trinajstić information content (AvgIpc) is 3.63. The normalized spacial score (nSPS) is 22.3. The topological polar surface area (TPSA) is 146 Å². The van der Waals surface area contributed by atoms with Crippen LogP contribution in [0.5, 0.6) is 0 Å². The van der Waals surface area contributed by atoms with Crippen LogP contribution in [0, 0.1) is 5.41 Å². The van der Waals surface area contributed by atoms with Crippen LogP contribution in [0.1, 0.15) is 73.3 Å². The summed E-state index contributed by atoms with van der Waals surface area (Å²) >= 11 is 0. The molecule has 3 aromatic heterocycles. The largest absolute Gasteiger partial charge is 0.465 e. The molecule has 3 aliphatic rings. The number of carbonyl (C=O) groups is 3. The number of carbonyl (C=O) groups excluding carboxylic acids is 2. The van der Waals surface area contributed by atoms with Crippen LogP contribution < -0.4 is 5.32 Å². The number of hydrogen-bond acceptors (Lipinski definition) is 8. The number of hydrogen-bond donors (Lipinski definition) is 2. The van der Waals surface area contributed by atoms with Gasteiger partial charge in [0.05, 0.1) is 36.9 Å². The lowest BCUT2D eigenvalue weighted by Crippen LogP contribution is -2.77. The number of nitrogens with zero attached hydrogens (tertiary/aromatic N) is 7. The molecule has 0 radical (unpaired) electrons. The van der Waals surface area contributed by atoms with E-state index in [1.54, 1.807) is 37.3 Å². The minimum absolute atomic E-state index is 0.0698. The van der Waals surface area contributed by atoms with E-state index in [0.29, 0.717) is 28.7 Å². The first kappa shape index (κ1) is 29.8. The lowest BCUT2D eigenvalue weighted by atomic mass is 9.69. The number of anilines is 2. The van der Waals surface area contributed by atoms with Crippen LogP contribution in [0.3, 0.4) is 0 Å². The molecule has 6 rings (SSSR count). The monoisotopic (exact) mass is 604 g/mol. The molecule has 0 unspecified atom stereocenters. The first-order valence-electron chi connectivity index (χ1n) is 15.1. The minimum atomic E-state index is -0.994. The van der Waals surface area contributed by atoms with Crippen molar-refractivity contribution in [1.29, 1.82) is 0 Å². The molecule has 1 saturated carbocycles. The van der Waals surface area contributed by atoms with E-state index in [2.05, 4.69) is 19.9 Å². The lowest BCUT2D eigenvalue weighted by Gasteiger charge is -2.61. The molecule has 2 saturated heterocycles. The van der Waals surface area contributed by atoms with Gasteiger partial charge in [0.15, 0.2) is 0 Å². The van der Waals surface area contributed by atoms with E-state index in [0.717, 1.165) is 31.1 Å². The first-order valence-corrected chi connectivity index (χ1v) is 15.1. The number of amides is 3. The number of carboxylic acid groups (broad SMARTS) is 1. The third-order valence-corrected chi connectivity index (χ3v) is 9.39. The fourth-order valence-electron chi connectivity index (χ4n) is 6.91. The zero-order chi connectivity index (χ0) is 31.4. The maximum Gasteiger partial charge on any atom is 0.407 e. The summed E-state index contributed by atoms with van der Waals surface area (Å²) in [5, 5.41) is 13.7. The fraction of sp³-hybridized carbons (Fsp3) is 0.548. The smallest absolute Gasteiger partial charge is 0.407 e. The van der Waals surface area contributed by atoms with E-state index in [1.165, 1.54) is 11.1 Å². The number of nitrogens with one attached hydrogen (secondary N) is 1. The molecule has 3 amide bonds. The Balaban J connectivity index is 1.27. The SMILES string of the molecule is CN(C)C(=O)c1cc2cnc(Nc3ccc(C(=O)N4[C@@H]5COC[C@@]4(C(C)(C)C)CN(C(=O)O)C5)cn3)nc2n1C1CCCC1. The van der Waals surface area contributed by atoms with E-state index in [9.17, 15) is 19.5 Å². The quantitative estimate of drug-likeness (QED) is 0.441. The first-order chi connectivity index (χ1) is 20.9. The number of morpholine rings is 1. The maximum atomic E-state index is 14.0. The fourth-order valence-corrected chi connectivity index (χ4v) is 6.91. The van der Waals surface area contributed by atoms with Crippen molar-refractivity contribution in [2.45, 2.75) is 64.1 Å². The zero-order valence-electron chi connectivity index (χ0n) is 25.9. The van der Waals surface area contributed by atoms with E-state index in [-0.39, 0.29) is 44.2 Å². The summed E-state index contributed by atoms with van der Waals surface area (Å²) in [6.07, 6.45) is 6.47. The van der Waals surface area contributed by atoms with Crippen LogP contribution in [0.2, 0.25) is 0 Å². The van der Waals surface area contributed by atoms with Crippen molar-refractivity contribution in [1.82, 2.24) is 34.2 Å². The third kappa shape index (κ3) is 5.02. The average molecular weight is 605 g/mol. The molecule has 3 fully saturated rings. The molecule has 3 aromatic rings. The van der Waals surface area contributed by atoms with Crippen LogP contribution in [0.25, 0.3) is 11.0 Å². The van der Waals surface area contributed by atoms with Crippen molar-refractivity contribution >= 4 is 40.7 Å². The molecule has 13 heteroatoms. The van der Waals surface area contributed by atoms with E-state index in [4.69, 9.17) is 9.72 Å². The van der Waals surface area contributed by atoms with Gasteiger partial charge in [-0.2, -0.15) is 4.98 Å². The minimum Gasteiger partial charge on any atom is -0.465 e. The van der Waals surface area contributed by atoms with Gasteiger partial charge in [0, 0.05) is 44.5 Å². The van der Waals surface area contributed by atoms with Crippen LogP contribution >= 0.6 is 0 Å². The number of aromatic nitrogens is 4. The van der Waals surface area contributed by atoms with Crippen LogP contribution in [-0.4, -0.2) is 109 Å². The van der Waals surface area contributed by atoms with Gasteiger partial charge in [-0.15, -0.1) is 0 Å². The number of pyridine rings is 1. The van der Waals surface area contributed by atoms with Crippen molar-refractivity contribution in [2.24, 2.45) is 5.41 Å². The molecular weight excluding hydrogens is 564 g/mol. The molecule has 234 valence electrons. The van der Waals surface area contributed by atoms with Gasteiger partial charge in [-0.3, -0.25) is 9.59 Å². The molecule has 2 atom stereocenters. The van der Waals surface area contributed by atoms with E-state index >= 15 is 0 Å². The van der Waals surface area contributed by atoms with Gasteiger partial charge < -0.3 is 34.4 Å². The van der Waals surface area contributed by atoms with Crippen LogP contribution in [-0.2, 0) is 4.74 Å². The predicted octanol–water partition coefficient (Wildman–Crippen LogP) is 4.01. The summed E-state index contributed by atoms with van der Waals surface area (Å²) in [7, 11) is 3.49. The lowest BCUT2D eigenvalue weighted by molar-refractivity contribution is -0.163. The molecule has 5 heterocycles. The summed E-state index contributed by atoms with van der Waals surface area (Å²) in [4.78, 5) is 57.5. The van der Waals surface area contributed by atoms with Crippen molar-refractivity contribution in [3.05, 3.63) is 41.9 Å². The Morgan fingerprint density at radius 1 is 1.09 bits per heavy atom. The second-order valence-electron chi connectivity index (χ2n) is 13.4. The van der Waals surface area contributed by atoms with Crippen molar-refractivity contribution < 1.29 is 24.2 Å². The van der Waals surface area contributed by atoms with Gasteiger partial charge in [-0.1, -0.05) is 33.6 Å². The Bertz CT molecular complexity index is 1590. The summed E-state index contributed by atoms with van der Waals surface area (Å²) in [5.41, 5.74) is 0.432. The standard InChI is InChI=1S/C31H40N8O5/c1-30(2,3)31-17-37(29(42)43)15-22(16-44-18-31)39(31)26(40)19-10-11-24(32-13-19)34-28-33-14-20-12-23(27(41)36(4)5)38(25(20)35-28)21-8-6-7-9-21/h10-14,21-22H,6-9,15-18H2,1-5H3,(H,42,43)(H,32,33,34,35)/t22-,31+/m0/s1. The second-order valence-corrected chi connectivity index (χ2v) is 13.4. The van der Waals surface area contributed by atoms with E-state index < -0.39 is 23.1 Å². The summed E-state index contributed by atoms with van der Waals surface area (Å²) in [5.74, 6) is 0.532. The number of fused-ring (bicyclic) bond motifs is 3. The van der Waals surface area contributed by atoms with Gasteiger partial charge in [0.25, 0.3) is 11.8 Å². The van der Waals surface area contributed by atoms with Crippen molar-refractivity contribution in [3.8, 4) is 0 Å². The highest BCUT2D eigenvalue weighted by atomic mass is 16.5. The molecule has 0 spiro atoms. The highest BCUT2D eigenvalue weighted by molar-refractivity contribution is 5.98. The molecule has 2 aliphatic heterocycles. The summed E-state index contributed by atoms with van der Waals surface area (Å²) in [6.45, 7) is 6.91. The molecule has 13 nitrogen and oxygen atoms in total. The molecular formula is C31H40N8O5. The van der Waals surface area contributed by atoms with Gasteiger partial charge in [-0.25, -0.2) is 14.8 Å². The number of ether oxygens (including phenoxy) is 1. The third-order valence-electron chi connectivity index (χ3n) is 9.39. The Morgan fingerprint density at radius 2 is 1.84 bits per heavy atom. The highest BCUT2D eigenvalue weighted by Gasteiger charge is 2.58. The van der Waals surface area contributed by atoms with Crippen LogP contribution in [0.4, 0.5) is 16.6 Å².